The fourth-order valence-corrected chi connectivity index (χ4v) is 3.73. The van der Waals surface area contributed by atoms with E-state index >= 15 is 0 Å². The molecule has 5 rings (SSSR count). The number of fused-ring (bicyclic) bond motifs is 3. The van der Waals surface area contributed by atoms with E-state index in [9.17, 15) is 13.6 Å². The van der Waals surface area contributed by atoms with Crippen molar-refractivity contribution in [2.75, 3.05) is 0 Å². The molecule has 0 N–H and O–H groups in total. The minimum atomic E-state index is -0.468. The summed E-state index contributed by atoms with van der Waals surface area (Å²) < 4.78 is 32.8. The molecule has 0 fully saturated rings. The van der Waals surface area contributed by atoms with Gasteiger partial charge in [-0.25, -0.2) is 13.6 Å². The smallest absolute Gasteiger partial charge is 0.344 e. The van der Waals surface area contributed by atoms with Gasteiger partial charge in [0.15, 0.2) is 0 Å². The van der Waals surface area contributed by atoms with Gasteiger partial charge in [-0.15, -0.1) is 0 Å². The molecule has 140 valence electrons. The summed E-state index contributed by atoms with van der Waals surface area (Å²) in [6.07, 6.45) is 0. The van der Waals surface area contributed by atoms with Crippen LogP contribution in [-0.4, -0.2) is 0 Å². The summed E-state index contributed by atoms with van der Waals surface area (Å²) in [4.78, 5) is 12.8. The quantitative estimate of drug-likeness (QED) is 0.347. The lowest BCUT2D eigenvalue weighted by Gasteiger charge is -2.12. The van der Waals surface area contributed by atoms with Crippen molar-refractivity contribution >= 4 is 10.8 Å². The largest absolute Gasteiger partial charge is 0.422 e. The summed E-state index contributed by atoms with van der Waals surface area (Å²) >= 11 is 0. The number of halogens is 2. The van der Waals surface area contributed by atoms with Gasteiger partial charge in [0.25, 0.3) is 0 Å². The van der Waals surface area contributed by atoms with Crippen LogP contribution in [-0.2, 0) is 0 Å². The van der Waals surface area contributed by atoms with Gasteiger partial charge in [0.2, 0.25) is 0 Å². The van der Waals surface area contributed by atoms with Crippen LogP contribution in [0.5, 0.6) is 0 Å². The highest BCUT2D eigenvalue weighted by Gasteiger charge is 2.22. The monoisotopic (exact) mass is 384 g/mol. The molecule has 0 aliphatic heterocycles. The van der Waals surface area contributed by atoms with Gasteiger partial charge in [-0.1, -0.05) is 42.5 Å². The first kappa shape index (κ1) is 17.3. The van der Waals surface area contributed by atoms with Crippen molar-refractivity contribution in [1.82, 2.24) is 0 Å². The van der Waals surface area contributed by atoms with Crippen LogP contribution in [0, 0.1) is 11.6 Å². The fourth-order valence-electron chi connectivity index (χ4n) is 3.73. The summed E-state index contributed by atoms with van der Waals surface area (Å²) in [7, 11) is 0. The molecule has 0 bridgehead atoms. The van der Waals surface area contributed by atoms with Crippen LogP contribution >= 0.6 is 0 Å². The lowest BCUT2D eigenvalue weighted by molar-refractivity contribution is 0.536. The van der Waals surface area contributed by atoms with Gasteiger partial charge in [0.1, 0.15) is 17.4 Å². The standard InChI is InChI=1S/C25H14F2O2/c26-18-10-6-15(7-11-18)22-23-20-5-3-1-2-4-17(20)14-21(23)25(28)29-24(22)16-8-12-19(27)13-9-16/h1-14H. The van der Waals surface area contributed by atoms with Crippen LogP contribution in [0.4, 0.5) is 8.78 Å². The normalized spacial score (nSPS) is 11.2. The molecule has 1 heterocycles. The van der Waals surface area contributed by atoms with Gasteiger partial charge in [-0.05, 0) is 59.2 Å². The molecular weight excluding hydrogens is 370 g/mol. The third-order valence-corrected chi connectivity index (χ3v) is 5.04. The first-order chi connectivity index (χ1) is 14.1. The van der Waals surface area contributed by atoms with E-state index in [1.54, 1.807) is 30.3 Å². The van der Waals surface area contributed by atoms with E-state index in [1.165, 1.54) is 24.3 Å². The number of rotatable bonds is 2. The minimum absolute atomic E-state index is 0.327. The number of benzene rings is 2. The Bertz CT molecular complexity index is 1370. The Kier molecular flexibility index (Phi) is 3.98. The molecule has 0 amide bonds. The predicted molar refractivity (Wildman–Crippen MR) is 110 cm³/mol. The fraction of sp³-hybridized carbons (Fsp3) is 0. The highest BCUT2D eigenvalue weighted by Crippen LogP contribution is 2.43. The summed E-state index contributed by atoms with van der Waals surface area (Å²) in [6.45, 7) is 0. The highest BCUT2D eigenvalue weighted by atomic mass is 19.1. The molecule has 2 nitrogen and oxygen atoms in total. The molecule has 0 saturated carbocycles. The maximum Gasteiger partial charge on any atom is 0.344 e. The van der Waals surface area contributed by atoms with Crippen LogP contribution in [0.3, 0.4) is 0 Å². The second-order valence-electron chi connectivity index (χ2n) is 6.82. The zero-order valence-corrected chi connectivity index (χ0v) is 15.2. The predicted octanol–water partition coefficient (Wildman–Crippen LogP) is 6.51. The second-order valence-corrected chi connectivity index (χ2v) is 6.82. The molecular formula is C25H14F2O2. The van der Waals surface area contributed by atoms with Gasteiger partial charge < -0.3 is 4.42 Å². The van der Waals surface area contributed by atoms with Crippen LogP contribution in [0.25, 0.3) is 44.3 Å². The molecule has 0 atom stereocenters. The lowest BCUT2D eigenvalue weighted by Crippen LogP contribution is -2.01. The molecule has 0 saturated heterocycles. The Labute approximate surface area is 165 Å². The Hall–Kier alpha value is -3.79. The maximum atomic E-state index is 13.6. The SMILES string of the molecule is O=c1oc(-c2ccc(F)cc2)c(-c2ccc(F)cc2)c2c3cccccc-3cc12. The molecule has 2 aromatic carbocycles. The van der Waals surface area contributed by atoms with E-state index in [0.29, 0.717) is 27.8 Å². The highest BCUT2D eigenvalue weighted by molar-refractivity contribution is 6.12. The Morgan fingerprint density at radius 3 is 1.97 bits per heavy atom. The zero-order valence-electron chi connectivity index (χ0n) is 15.2. The molecule has 0 radical (unpaired) electrons. The van der Waals surface area contributed by atoms with Gasteiger partial charge in [0.05, 0.1) is 5.39 Å². The molecule has 3 aromatic rings. The molecule has 4 heteroatoms. The van der Waals surface area contributed by atoms with Crippen LogP contribution in [0.1, 0.15) is 0 Å². The van der Waals surface area contributed by atoms with E-state index < -0.39 is 5.63 Å². The minimum Gasteiger partial charge on any atom is -0.422 e. The van der Waals surface area contributed by atoms with Crippen molar-refractivity contribution in [2.24, 2.45) is 0 Å². The molecule has 29 heavy (non-hydrogen) atoms. The summed E-state index contributed by atoms with van der Waals surface area (Å²) in [6, 6.07) is 23.2. The molecule has 1 aromatic heterocycles. The van der Waals surface area contributed by atoms with Crippen molar-refractivity contribution in [3.05, 3.63) is 107 Å². The van der Waals surface area contributed by atoms with Gasteiger partial charge in [-0.3, -0.25) is 0 Å². The number of hydrogen-bond donors (Lipinski definition) is 0. The van der Waals surface area contributed by atoms with Crippen molar-refractivity contribution in [1.29, 1.82) is 0 Å². The maximum absolute atomic E-state index is 13.6. The van der Waals surface area contributed by atoms with E-state index in [-0.39, 0.29) is 11.6 Å². The summed E-state index contributed by atoms with van der Waals surface area (Å²) in [5.74, 6) is -0.413. The van der Waals surface area contributed by atoms with Crippen molar-refractivity contribution in [2.45, 2.75) is 0 Å². The van der Waals surface area contributed by atoms with Crippen molar-refractivity contribution < 1.29 is 13.2 Å². The first-order valence-corrected chi connectivity index (χ1v) is 9.12. The van der Waals surface area contributed by atoms with Crippen LogP contribution in [0.2, 0.25) is 0 Å². The van der Waals surface area contributed by atoms with E-state index in [1.807, 2.05) is 30.3 Å². The average molecular weight is 384 g/mol. The topological polar surface area (TPSA) is 30.2 Å². The molecule has 2 aliphatic carbocycles. The van der Waals surface area contributed by atoms with Gasteiger partial charge in [0, 0.05) is 16.5 Å². The first-order valence-electron chi connectivity index (χ1n) is 9.12. The summed E-state index contributed by atoms with van der Waals surface area (Å²) in [5, 5.41) is 1.19. The van der Waals surface area contributed by atoms with Crippen LogP contribution in [0.15, 0.2) is 94.1 Å². The van der Waals surface area contributed by atoms with Gasteiger partial charge in [-0.2, -0.15) is 0 Å². The van der Waals surface area contributed by atoms with Crippen LogP contribution < -0.4 is 5.63 Å². The summed E-state index contributed by atoms with van der Waals surface area (Å²) in [5.41, 5.74) is 3.27. The zero-order chi connectivity index (χ0) is 20.0. The molecule has 2 aliphatic rings. The molecule has 0 unspecified atom stereocenters. The number of hydrogen-bond acceptors (Lipinski definition) is 2. The Morgan fingerprint density at radius 2 is 1.28 bits per heavy atom. The third-order valence-electron chi connectivity index (χ3n) is 5.04. The van der Waals surface area contributed by atoms with Crippen molar-refractivity contribution in [3.63, 3.8) is 0 Å². The van der Waals surface area contributed by atoms with Gasteiger partial charge >= 0.3 is 5.63 Å². The molecule has 0 spiro atoms. The third kappa shape index (κ3) is 2.90. The Balaban J connectivity index is 1.96. The lowest BCUT2D eigenvalue weighted by atomic mass is 9.95. The Morgan fingerprint density at radius 1 is 0.655 bits per heavy atom. The van der Waals surface area contributed by atoms with E-state index in [0.717, 1.165) is 16.5 Å². The van der Waals surface area contributed by atoms with E-state index in [2.05, 4.69) is 0 Å². The second kappa shape index (κ2) is 6.67. The van der Waals surface area contributed by atoms with Crippen molar-refractivity contribution in [3.8, 4) is 33.6 Å². The van der Waals surface area contributed by atoms with E-state index in [4.69, 9.17) is 4.42 Å². The average Bonchev–Trinajstić information content (AvgIpc) is 2.92.